The van der Waals surface area contributed by atoms with E-state index in [0.29, 0.717) is 6.04 Å². The monoisotopic (exact) mass is 185 g/mol. The van der Waals surface area contributed by atoms with Crippen LogP contribution in [0.4, 0.5) is 0 Å². The van der Waals surface area contributed by atoms with Crippen LogP contribution in [0.25, 0.3) is 0 Å². The Morgan fingerprint density at radius 3 is 2.50 bits per heavy atom. The fourth-order valence-electron chi connectivity index (χ4n) is 1.30. The molecule has 0 saturated carbocycles. The molecular weight excluding hydrogens is 170 g/mol. The lowest BCUT2D eigenvalue weighted by Gasteiger charge is -2.28. The van der Waals surface area contributed by atoms with Gasteiger partial charge in [0.25, 0.3) is 0 Å². The predicted octanol–water partition coefficient (Wildman–Crippen LogP) is 1.84. The van der Waals surface area contributed by atoms with E-state index in [1.165, 1.54) is 16.4 Å². The molecule has 0 saturated heterocycles. The maximum atomic E-state index is 3.86. The molecule has 0 aliphatic carbocycles. The van der Waals surface area contributed by atoms with Gasteiger partial charge in [0.1, 0.15) is 0 Å². The minimum Gasteiger partial charge on any atom is -0.312 e. The van der Waals surface area contributed by atoms with Crippen LogP contribution in [-0.4, -0.2) is 16.6 Å². The third kappa shape index (κ3) is 2.01. The average molecular weight is 185 g/mol. The molecule has 0 aliphatic rings. The van der Waals surface area contributed by atoms with E-state index in [1.54, 1.807) is 0 Å². The molecule has 68 valence electrons. The molecule has 0 bridgehead atoms. The van der Waals surface area contributed by atoms with Gasteiger partial charge in [0.05, 0.1) is 11.1 Å². The van der Waals surface area contributed by atoms with Crippen LogP contribution >= 0.6 is 11.5 Å². The Bertz CT molecular complexity index is 225. The van der Waals surface area contributed by atoms with E-state index in [9.17, 15) is 0 Å². The summed E-state index contributed by atoms with van der Waals surface area (Å²) in [5, 5.41) is 7.11. The molecule has 1 atom stereocenters. The summed E-state index contributed by atoms with van der Waals surface area (Å²) >= 11 is 1.46. The Labute approximate surface area is 77.4 Å². The highest BCUT2D eigenvalue weighted by atomic mass is 32.1. The Morgan fingerprint density at radius 1 is 1.50 bits per heavy atom. The fourth-order valence-corrected chi connectivity index (χ4v) is 2.16. The summed E-state index contributed by atoms with van der Waals surface area (Å²) < 4.78 is 3.86. The molecule has 12 heavy (non-hydrogen) atoms. The molecule has 0 aliphatic heterocycles. The molecule has 0 amide bonds. The van der Waals surface area contributed by atoms with E-state index < -0.39 is 0 Å². The zero-order valence-corrected chi connectivity index (χ0v) is 8.77. The molecule has 0 spiro atoms. The van der Waals surface area contributed by atoms with Crippen molar-refractivity contribution in [2.24, 2.45) is 5.41 Å². The maximum absolute atomic E-state index is 3.86. The van der Waals surface area contributed by atoms with Crippen molar-refractivity contribution in [2.45, 2.75) is 26.8 Å². The lowest BCUT2D eigenvalue weighted by molar-refractivity contribution is 0.291. The molecular formula is C8H15N3S. The fraction of sp³-hybridized carbons (Fsp3) is 0.750. The third-order valence-corrected chi connectivity index (χ3v) is 2.55. The standard InChI is InChI=1S/C8H15N3S/c1-8(2,3)7(9-4)6-5-10-11-12-6/h5,7,9H,1-4H3. The van der Waals surface area contributed by atoms with Crippen molar-refractivity contribution in [2.75, 3.05) is 7.05 Å². The summed E-state index contributed by atoms with van der Waals surface area (Å²) in [5.41, 5.74) is 0.211. The topological polar surface area (TPSA) is 37.8 Å². The quantitative estimate of drug-likeness (QED) is 0.764. The SMILES string of the molecule is CNC(c1cnns1)C(C)(C)C. The molecule has 1 heterocycles. The largest absolute Gasteiger partial charge is 0.312 e. The first-order valence-corrected chi connectivity index (χ1v) is 4.77. The van der Waals surface area contributed by atoms with Crippen LogP contribution in [0.15, 0.2) is 6.20 Å². The first-order chi connectivity index (χ1) is 5.55. The van der Waals surface area contributed by atoms with Crippen molar-refractivity contribution in [3.05, 3.63) is 11.1 Å². The predicted molar refractivity (Wildman–Crippen MR) is 51.2 cm³/mol. The normalized spacial score (nSPS) is 14.7. The molecule has 0 aromatic carbocycles. The number of aromatic nitrogens is 2. The zero-order chi connectivity index (χ0) is 9.19. The van der Waals surface area contributed by atoms with Crippen LogP contribution in [-0.2, 0) is 0 Å². The van der Waals surface area contributed by atoms with Gasteiger partial charge in [-0.2, -0.15) is 0 Å². The van der Waals surface area contributed by atoms with E-state index in [2.05, 4.69) is 35.7 Å². The molecule has 1 unspecified atom stereocenters. The smallest absolute Gasteiger partial charge is 0.0669 e. The van der Waals surface area contributed by atoms with Crippen LogP contribution < -0.4 is 5.32 Å². The molecule has 0 radical (unpaired) electrons. The second-order valence-electron chi connectivity index (χ2n) is 3.91. The molecule has 1 aromatic heterocycles. The Balaban J connectivity index is 2.84. The highest BCUT2D eigenvalue weighted by Gasteiger charge is 2.25. The van der Waals surface area contributed by atoms with Gasteiger partial charge in [0.2, 0.25) is 0 Å². The first kappa shape index (κ1) is 9.61. The van der Waals surface area contributed by atoms with Crippen molar-refractivity contribution in [1.82, 2.24) is 14.9 Å². The van der Waals surface area contributed by atoms with Gasteiger partial charge in [-0.1, -0.05) is 25.3 Å². The number of hydrogen-bond acceptors (Lipinski definition) is 4. The third-order valence-electron chi connectivity index (χ3n) is 1.82. The van der Waals surface area contributed by atoms with Gasteiger partial charge in [-0.25, -0.2) is 0 Å². The summed E-state index contributed by atoms with van der Waals surface area (Å²) in [6.07, 6.45) is 1.83. The van der Waals surface area contributed by atoms with Crippen molar-refractivity contribution in [1.29, 1.82) is 0 Å². The van der Waals surface area contributed by atoms with E-state index in [0.717, 1.165) is 0 Å². The number of nitrogens with one attached hydrogen (secondary N) is 1. The molecule has 0 fully saturated rings. The van der Waals surface area contributed by atoms with E-state index in [4.69, 9.17) is 0 Å². The summed E-state index contributed by atoms with van der Waals surface area (Å²) in [7, 11) is 1.97. The molecule has 1 aromatic rings. The van der Waals surface area contributed by atoms with Gasteiger partial charge in [-0.05, 0) is 24.0 Å². The van der Waals surface area contributed by atoms with Crippen LogP contribution in [0, 0.1) is 5.41 Å². The van der Waals surface area contributed by atoms with Gasteiger partial charge in [0.15, 0.2) is 0 Å². The molecule has 3 nitrogen and oxygen atoms in total. The minimum absolute atomic E-state index is 0.211. The van der Waals surface area contributed by atoms with Gasteiger partial charge in [-0.15, -0.1) is 5.10 Å². The van der Waals surface area contributed by atoms with Gasteiger partial charge < -0.3 is 5.32 Å². The second-order valence-corrected chi connectivity index (χ2v) is 4.72. The lowest BCUT2D eigenvalue weighted by atomic mass is 9.86. The number of rotatable bonds is 2. The number of hydrogen-bond donors (Lipinski definition) is 1. The Kier molecular flexibility index (Phi) is 2.80. The van der Waals surface area contributed by atoms with E-state index in [-0.39, 0.29) is 5.41 Å². The van der Waals surface area contributed by atoms with Gasteiger partial charge in [0, 0.05) is 6.04 Å². The van der Waals surface area contributed by atoms with Crippen molar-refractivity contribution >= 4 is 11.5 Å². The number of nitrogens with zero attached hydrogens (tertiary/aromatic N) is 2. The van der Waals surface area contributed by atoms with Crippen molar-refractivity contribution < 1.29 is 0 Å². The van der Waals surface area contributed by atoms with Gasteiger partial charge >= 0.3 is 0 Å². The highest BCUT2D eigenvalue weighted by molar-refractivity contribution is 7.05. The highest BCUT2D eigenvalue weighted by Crippen LogP contribution is 2.33. The summed E-state index contributed by atoms with van der Waals surface area (Å²) in [5.74, 6) is 0. The summed E-state index contributed by atoms with van der Waals surface area (Å²) in [6, 6.07) is 0.345. The maximum Gasteiger partial charge on any atom is 0.0669 e. The molecule has 1 N–H and O–H groups in total. The van der Waals surface area contributed by atoms with Crippen molar-refractivity contribution in [3.8, 4) is 0 Å². The summed E-state index contributed by atoms with van der Waals surface area (Å²) in [6.45, 7) is 6.61. The Hall–Kier alpha value is -0.480. The van der Waals surface area contributed by atoms with Crippen LogP contribution in [0.1, 0.15) is 31.7 Å². The van der Waals surface area contributed by atoms with Crippen LogP contribution in [0.3, 0.4) is 0 Å². The Morgan fingerprint density at radius 2 is 2.17 bits per heavy atom. The lowest BCUT2D eigenvalue weighted by Crippen LogP contribution is -2.28. The van der Waals surface area contributed by atoms with E-state index in [1.807, 2.05) is 13.2 Å². The van der Waals surface area contributed by atoms with E-state index >= 15 is 0 Å². The van der Waals surface area contributed by atoms with Crippen LogP contribution in [0.2, 0.25) is 0 Å². The van der Waals surface area contributed by atoms with Gasteiger partial charge in [-0.3, -0.25) is 0 Å². The summed E-state index contributed by atoms with van der Waals surface area (Å²) in [4.78, 5) is 1.20. The van der Waals surface area contributed by atoms with Crippen LogP contribution in [0.5, 0.6) is 0 Å². The molecule has 1 rings (SSSR count). The molecule has 4 heteroatoms. The zero-order valence-electron chi connectivity index (χ0n) is 7.96. The minimum atomic E-state index is 0.211. The first-order valence-electron chi connectivity index (χ1n) is 4.00. The average Bonchev–Trinajstić information content (AvgIpc) is 2.38. The van der Waals surface area contributed by atoms with Crippen molar-refractivity contribution in [3.63, 3.8) is 0 Å². The second kappa shape index (κ2) is 3.49.